The van der Waals surface area contributed by atoms with Gasteiger partial charge in [0.05, 0.1) is 6.26 Å². The molecular formula is C16H22N2O3. The average Bonchev–Trinajstić information content (AvgIpc) is 3.08. The van der Waals surface area contributed by atoms with Crippen LogP contribution in [0.25, 0.3) is 0 Å². The van der Waals surface area contributed by atoms with Crippen molar-refractivity contribution in [3.63, 3.8) is 0 Å². The summed E-state index contributed by atoms with van der Waals surface area (Å²) in [6.07, 6.45) is 6.26. The molecule has 3 rings (SSSR count). The summed E-state index contributed by atoms with van der Waals surface area (Å²) in [4.78, 5) is 26.8. The molecule has 2 fully saturated rings. The number of amides is 2. The van der Waals surface area contributed by atoms with E-state index in [1.165, 1.54) is 0 Å². The van der Waals surface area contributed by atoms with Crippen LogP contribution in [0.4, 0.5) is 0 Å². The highest BCUT2D eigenvalue weighted by Crippen LogP contribution is 2.33. The van der Waals surface area contributed by atoms with E-state index in [1.807, 2.05) is 24.0 Å². The maximum Gasteiger partial charge on any atom is 0.248 e. The summed E-state index contributed by atoms with van der Waals surface area (Å²) in [5.41, 5.74) is -0.648. The molecule has 5 nitrogen and oxygen atoms in total. The molecule has 2 aliphatic rings. The van der Waals surface area contributed by atoms with Gasteiger partial charge in [-0.2, -0.15) is 0 Å². The van der Waals surface area contributed by atoms with E-state index < -0.39 is 5.54 Å². The summed E-state index contributed by atoms with van der Waals surface area (Å²) in [5.74, 6) is 0.960. The Morgan fingerprint density at radius 3 is 2.81 bits per heavy atom. The van der Waals surface area contributed by atoms with Crippen LogP contribution in [0.1, 0.15) is 44.8 Å². The van der Waals surface area contributed by atoms with E-state index in [2.05, 4.69) is 5.32 Å². The fourth-order valence-corrected chi connectivity index (χ4v) is 3.55. The van der Waals surface area contributed by atoms with Crippen LogP contribution in [0, 0.1) is 0 Å². The number of hydrogen-bond acceptors (Lipinski definition) is 3. The van der Waals surface area contributed by atoms with Crippen LogP contribution in [0.3, 0.4) is 0 Å². The largest absolute Gasteiger partial charge is 0.469 e. The Morgan fingerprint density at radius 1 is 1.38 bits per heavy atom. The van der Waals surface area contributed by atoms with E-state index in [4.69, 9.17) is 4.42 Å². The molecule has 114 valence electrons. The van der Waals surface area contributed by atoms with Gasteiger partial charge in [0.25, 0.3) is 0 Å². The molecule has 21 heavy (non-hydrogen) atoms. The Hall–Kier alpha value is -1.78. The van der Waals surface area contributed by atoms with Gasteiger partial charge in [0.15, 0.2) is 0 Å². The SMILES string of the molecule is CC(Cc1ccco1)N1CCC(=O)NC2(CCCC2)C1=O. The van der Waals surface area contributed by atoms with Crippen LogP contribution in [0.15, 0.2) is 22.8 Å². The molecule has 1 saturated carbocycles. The molecule has 1 aliphatic heterocycles. The zero-order chi connectivity index (χ0) is 14.9. The second kappa shape index (κ2) is 5.54. The highest BCUT2D eigenvalue weighted by atomic mass is 16.3. The first kappa shape index (κ1) is 14.2. The molecule has 1 aliphatic carbocycles. The van der Waals surface area contributed by atoms with Crippen LogP contribution in [0.5, 0.6) is 0 Å². The van der Waals surface area contributed by atoms with Crippen molar-refractivity contribution < 1.29 is 14.0 Å². The first-order valence-electron chi connectivity index (χ1n) is 7.75. The molecule has 1 spiro atoms. The molecule has 1 aromatic rings. The van der Waals surface area contributed by atoms with Crippen LogP contribution in [0.2, 0.25) is 0 Å². The number of nitrogens with one attached hydrogen (secondary N) is 1. The lowest BCUT2D eigenvalue weighted by Gasteiger charge is -2.35. The van der Waals surface area contributed by atoms with Crippen molar-refractivity contribution in [2.75, 3.05) is 6.54 Å². The molecule has 1 atom stereocenters. The third-order valence-electron chi connectivity index (χ3n) is 4.69. The van der Waals surface area contributed by atoms with Gasteiger partial charge >= 0.3 is 0 Å². The molecule has 2 heterocycles. The summed E-state index contributed by atoms with van der Waals surface area (Å²) in [6.45, 7) is 2.52. The molecule has 0 radical (unpaired) electrons. The Bertz CT molecular complexity index is 518. The molecular weight excluding hydrogens is 268 g/mol. The Balaban J connectivity index is 1.79. The van der Waals surface area contributed by atoms with Crippen molar-refractivity contribution >= 4 is 11.8 Å². The zero-order valence-electron chi connectivity index (χ0n) is 12.4. The third-order valence-corrected chi connectivity index (χ3v) is 4.69. The highest BCUT2D eigenvalue weighted by Gasteiger charge is 2.47. The predicted octanol–water partition coefficient (Wildman–Crippen LogP) is 1.87. The van der Waals surface area contributed by atoms with Gasteiger partial charge in [0, 0.05) is 25.4 Å². The maximum absolute atomic E-state index is 13.0. The minimum Gasteiger partial charge on any atom is -0.469 e. The fraction of sp³-hybridized carbons (Fsp3) is 0.625. The van der Waals surface area contributed by atoms with Crippen molar-refractivity contribution in [2.45, 2.75) is 57.0 Å². The van der Waals surface area contributed by atoms with Crippen LogP contribution < -0.4 is 5.32 Å². The number of rotatable bonds is 3. The second-order valence-corrected chi connectivity index (χ2v) is 6.22. The Morgan fingerprint density at radius 2 is 2.14 bits per heavy atom. The van der Waals surface area contributed by atoms with Crippen LogP contribution in [-0.4, -0.2) is 34.8 Å². The smallest absolute Gasteiger partial charge is 0.248 e. The second-order valence-electron chi connectivity index (χ2n) is 6.22. The summed E-state index contributed by atoms with van der Waals surface area (Å²) in [7, 11) is 0. The highest BCUT2D eigenvalue weighted by molar-refractivity contribution is 5.94. The quantitative estimate of drug-likeness (QED) is 0.924. The lowest BCUT2D eigenvalue weighted by atomic mass is 9.95. The van der Waals surface area contributed by atoms with E-state index in [0.29, 0.717) is 19.4 Å². The van der Waals surface area contributed by atoms with Gasteiger partial charge in [0.2, 0.25) is 11.8 Å². The first-order valence-corrected chi connectivity index (χ1v) is 7.75. The summed E-state index contributed by atoms with van der Waals surface area (Å²) in [6, 6.07) is 3.82. The van der Waals surface area contributed by atoms with Gasteiger partial charge in [0.1, 0.15) is 11.3 Å². The van der Waals surface area contributed by atoms with Crippen molar-refractivity contribution in [3.05, 3.63) is 24.2 Å². The van der Waals surface area contributed by atoms with E-state index >= 15 is 0 Å². The van der Waals surface area contributed by atoms with Crippen LogP contribution >= 0.6 is 0 Å². The van der Waals surface area contributed by atoms with Gasteiger partial charge < -0.3 is 14.6 Å². The van der Waals surface area contributed by atoms with Crippen LogP contribution in [-0.2, 0) is 16.0 Å². The summed E-state index contributed by atoms with van der Waals surface area (Å²) >= 11 is 0. The third kappa shape index (κ3) is 2.69. The molecule has 1 aromatic heterocycles. The maximum atomic E-state index is 13.0. The number of furan rings is 1. The lowest BCUT2D eigenvalue weighted by molar-refractivity contribution is -0.140. The Labute approximate surface area is 124 Å². The summed E-state index contributed by atoms with van der Waals surface area (Å²) < 4.78 is 5.38. The van der Waals surface area contributed by atoms with Gasteiger partial charge in [-0.1, -0.05) is 12.8 Å². The van der Waals surface area contributed by atoms with Gasteiger partial charge in [-0.3, -0.25) is 9.59 Å². The minimum atomic E-state index is -0.648. The van der Waals surface area contributed by atoms with Gasteiger partial charge in [-0.05, 0) is 31.9 Å². The monoisotopic (exact) mass is 290 g/mol. The van der Waals surface area contributed by atoms with Crippen molar-refractivity contribution in [2.24, 2.45) is 0 Å². The average molecular weight is 290 g/mol. The predicted molar refractivity (Wildman–Crippen MR) is 77.5 cm³/mol. The number of nitrogens with zero attached hydrogens (tertiary/aromatic N) is 1. The van der Waals surface area contributed by atoms with Crippen molar-refractivity contribution in [1.29, 1.82) is 0 Å². The molecule has 1 unspecified atom stereocenters. The van der Waals surface area contributed by atoms with Gasteiger partial charge in [-0.25, -0.2) is 0 Å². The molecule has 0 bridgehead atoms. The van der Waals surface area contributed by atoms with E-state index in [1.54, 1.807) is 6.26 Å². The number of carbonyl (C=O) groups excluding carboxylic acids is 2. The molecule has 1 saturated heterocycles. The van der Waals surface area contributed by atoms with E-state index in [9.17, 15) is 9.59 Å². The van der Waals surface area contributed by atoms with E-state index in [0.717, 1.165) is 31.4 Å². The molecule has 0 aromatic carbocycles. The molecule has 1 N–H and O–H groups in total. The Kier molecular flexibility index (Phi) is 3.74. The van der Waals surface area contributed by atoms with Gasteiger partial charge in [-0.15, -0.1) is 0 Å². The van der Waals surface area contributed by atoms with Crippen molar-refractivity contribution in [3.8, 4) is 0 Å². The molecule has 5 heteroatoms. The number of hydrogen-bond donors (Lipinski definition) is 1. The van der Waals surface area contributed by atoms with Crippen molar-refractivity contribution in [1.82, 2.24) is 10.2 Å². The number of carbonyl (C=O) groups is 2. The fourth-order valence-electron chi connectivity index (χ4n) is 3.55. The lowest BCUT2D eigenvalue weighted by Crippen LogP contribution is -2.57. The standard InChI is InChI=1S/C16H22N2O3/c1-12(11-13-5-4-10-21-13)18-9-6-14(19)17-16(15(18)20)7-2-3-8-16/h4-5,10,12H,2-3,6-9,11H2,1H3,(H,17,19). The molecule has 2 amide bonds. The normalized spacial score (nSPS) is 23.2. The topological polar surface area (TPSA) is 62.6 Å². The first-order chi connectivity index (χ1) is 10.1. The van der Waals surface area contributed by atoms with E-state index in [-0.39, 0.29) is 17.9 Å². The summed E-state index contributed by atoms with van der Waals surface area (Å²) in [5, 5.41) is 2.99. The minimum absolute atomic E-state index is 0.00190. The zero-order valence-corrected chi connectivity index (χ0v) is 12.4.